The van der Waals surface area contributed by atoms with Gasteiger partial charge < -0.3 is 28.6 Å². The van der Waals surface area contributed by atoms with Gasteiger partial charge in [0.25, 0.3) is 5.91 Å². The molecule has 1 atom stereocenters. The Bertz CT molecular complexity index is 900. The van der Waals surface area contributed by atoms with Crippen LogP contribution in [0.4, 0.5) is 0 Å². The number of benzene rings is 2. The third-order valence-electron chi connectivity index (χ3n) is 5.55. The minimum absolute atomic E-state index is 0.0168. The van der Waals surface area contributed by atoms with Gasteiger partial charge in [0.05, 0.1) is 33.4 Å². The third-order valence-corrected chi connectivity index (χ3v) is 5.55. The van der Waals surface area contributed by atoms with E-state index in [1.165, 1.54) is 0 Å². The van der Waals surface area contributed by atoms with Crippen LogP contribution in [0.2, 0.25) is 0 Å². The van der Waals surface area contributed by atoms with Crippen molar-refractivity contribution in [2.75, 3.05) is 41.1 Å². The Morgan fingerprint density at radius 1 is 1.03 bits per heavy atom. The lowest BCUT2D eigenvalue weighted by molar-refractivity contribution is -0.141. The highest BCUT2D eigenvalue weighted by atomic mass is 16.5. The van der Waals surface area contributed by atoms with Crippen LogP contribution in [0.25, 0.3) is 11.1 Å². The molecule has 1 saturated heterocycles. The van der Waals surface area contributed by atoms with Crippen LogP contribution in [0.3, 0.4) is 0 Å². The van der Waals surface area contributed by atoms with Crippen molar-refractivity contribution in [3.05, 3.63) is 35.9 Å². The summed E-state index contributed by atoms with van der Waals surface area (Å²) in [6, 6.07) is 9.59. The van der Waals surface area contributed by atoms with Crippen molar-refractivity contribution in [3.8, 4) is 34.1 Å². The summed E-state index contributed by atoms with van der Waals surface area (Å²) >= 11 is 0. The van der Waals surface area contributed by atoms with E-state index in [9.17, 15) is 4.79 Å². The number of methoxy groups -OCH3 is 3. The smallest absolute Gasteiger partial charge is 0.252 e. The number of carbonyl (C=O) groups excluding carboxylic acids is 1. The Morgan fingerprint density at radius 2 is 1.77 bits per heavy atom. The van der Waals surface area contributed by atoms with Gasteiger partial charge in [0, 0.05) is 18.7 Å². The zero-order chi connectivity index (χ0) is 21.1. The van der Waals surface area contributed by atoms with E-state index in [-0.39, 0.29) is 12.0 Å². The van der Waals surface area contributed by atoms with Gasteiger partial charge in [-0.15, -0.1) is 0 Å². The summed E-state index contributed by atoms with van der Waals surface area (Å²) < 4.78 is 28.4. The summed E-state index contributed by atoms with van der Waals surface area (Å²) in [6.45, 7) is 1.97. The van der Waals surface area contributed by atoms with Gasteiger partial charge in [0.1, 0.15) is 24.2 Å². The first-order chi connectivity index (χ1) is 14.7. The SMILES string of the molecule is COc1cc(-c2c(OC)cccc2OC)cc2c1OCCN(C(=O)[C@H]1CCCO1)C2. The second-order valence-corrected chi connectivity index (χ2v) is 7.31. The van der Waals surface area contributed by atoms with Crippen LogP contribution in [0.1, 0.15) is 18.4 Å². The molecule has 0 bridgehead atoms. The Labute approximate surface area is 176 Å². The maximum Gasteiger partial charge on any atom is 0.252 e. The molecule has 0 radical (unpaired) electrons. The lowest BCUT2D eigenvalue weighted by Gasteiger charge is -2.23. The van der Waals surface area contributed by atoms with Gasteiger partial charge in [-0.25, -0.2) is 0 Å². The lowest BCUT2D eigenvalue weighted by Crippen LogP contribution is -2.39. The molecule has 2 aliphatic heterocycles. The summed E-state index contributed by atoms with van der Waals surface area (Å²) in [6.07, 6.45) is 1.33. The average molecular weight is 413 g/mol. The molecule has 2 heterocycles. The number of rotatable bonds is 5. The van der Waals surface area contributed by atoms with Crippen molar-refractivity contribution >= 4 is 5.91 Å². The second-order valence-electron chi connectivity index (χ2n) is 7.31. The summed E-state index contributed by atoms with van der Waals surface area (Å²) in [5, 5.41) is 0. The van der Waals surface area contributed by atoms with Gasteiger partial charge in [0.2, 0.25) is 0 Å². The zero-order valence-electron chi connectivity index (χ0n) is 17.6. The molecular formula is C23H27NO6. The van der Waals surface area contributed by atoms with Crippen LogP contribution in [0.5, 0.6) is 23.0 Å². The van der Waals surface area contributed by atoms with E-state index >= 15 is 0 Å². The van der Waals surface area contributed by atoms with Crippen molar-refractivity contribution in [1.29, 1.82) is 0 Å². The molecule has 4 rings (SSSR count). The molecule has 2 aliphatic rings. The van der Waals surface area contributed by atoms with Crippen LogP contribution < -0.4 is 18.9 Å². The highest BCUT2D eigenvalue weighted by molar-refractivity contribution is 5.82. The Hall–Kier alpha value is -2.93. The quantitative estimate of drug-likeness (QED) is 0.750. The first-order valence-corrected chi connectivity index (χ1v) is 10.1. The molecule has 160 valence electrons. The topological polar surface area (TPSA) is 66.5 Å². The number of hydrogen-bond acceptors (Lipinski definition) is 6. The molecule has 30 heavy (non-hydrogen) atoms. The normalized spacial score (nSPS) is 18.2. The average Bonchev–Trinajstić information content (AvgIpc) is 3.24. The van der Waals surface area contributed by atoms with E-state index in [4.69, 9.17) is 23.7 Å². The molecule has 7 nitrogen and oxygen atoms in total. The Morgan fingerprint density at radius 3 is 2.40 bits per heavy atom. The molecular weight excluding hydrogens is 386 g/mol. The summed E-state index contributed by atoms with van der Waals surface area (Å²) in [4.78, 5) is 14.8. The molecule has 1 fully saturated rings. The van der Waals surface area contributed by atoms with Crippen molar-refractivity contribution in [3.63, 3.8) is 0 Å². The van der Waals surface area contributed by atoms with Crippen molar-refractivity contribution < 1.29 is 28.5 Å². The molecule has 1 amide bonds. The second kappa shape index (κ2) is 8.83. The first-order valence-electron chi connectivity index (χ1n) is 10.1. The number of hydrogen-bond donors (Lipinski definition) is 0. The van der Waals surface area contributed by atoms with Crippen molar-refractivity contribution in [2.24, 2.45) is 0 Å². The van der Waals surface area contributed by atoms with Gasteiger partial charge in [0.15, 0.2) is 11.5 Å². The Kier molecular flexibility index (Phi) is 5.99. The fourth-order valence-electron chi connectivity index (χ4n) is 4.08. The molecule has 0 spiro atoms. The molecule has 0 aromatic heterocycles. The van der Waals surface area contributed by atoms with Crippen LogP contribution in [-0.2, 0) is 16.1 Å². The molecule has 0 saturated carbocycles. The minimum atomic E-state index is -0.356. The molecule has 0 unspecified atom stereocenters. The van der Waals surface area contributed by atoms with E-state index < -0.39 is 0 Å². The van der Waals surface area contributed by atoms with Crippen LogP contribution >= 0.6 is 0 Å². The summed E-state index contributed by atoms with van der Waals surface area (Å²) in [5.41, 5.74) is 2.57. The number of nitrogens with zero attached hydrogens (tertiary/aromatic N) is 1. The lowest BCUT2D eigenvalue weighted by atomic mass is 9.99. The van der Waals surface area contributed by atoms with Crippen LogP contribution in [-0.4, -0.2) is 58.0 Å². The van der Waals surface area contributed by atoms with E-state index in [0.29, 0.717) is 49.3 Å². The fraction of sp³-hybridized carbons (Fsp3) is 0.435. The molecule has 2 aromatic carbocycles. The van der Waals surface area contributed by atoms with E-state index in [1.54, 1.807) is 21.3 Å². The zero-order valence-corrected chi connectivity index (χ0v) is 17.6. The van der Waals surface area contributed by atoms with E-state index in [1.807, 2.05) is 35.2 Å². The summed E-state index contributed by atoms with van der Waals surface area (Å²) in [5.74, 6) is 2.68. The molecule has 0 N–H and O–H groups in total. The molecule has 2 aromatic rings. The minimum Gasteiger partial charge on any atom is -0.496 e. The van der Waals surface area contributed by atoms with Crippen LogP contribution in [0.15, 0.2) is 30.3 Å². The first kappa shape index (κ1) is 20.3. The monoisotopic (exact) mass is 413 g/mol. The predicted molar refractivity (Wildman–Crippen MR) is 111 cm³/mol. The highest BCUT2D eigenvalue weighted by Gasteiger charge is 2.31. The maximum absolute atomic E-state index is 12.9. The molecule has 0 aliphatic carbocycles. The van der Waals surface area contributed by atoms with Gasteiger partial charge >= 0.3 is 0 Å². The maximum atomic E-state index is 12.9. The predicted octanol–water partition coefficient (Wildman–Crippen LogP) is 3.28. The summed E-state index contributed by atoms with van der Waals surface area (Å²) in [7, 11) is 4.87. The largest absolute Gasteiger partial charge is 0.496 e. The van der Waals surface area contributed by atoms with E-state index in [0.717, 1.165) is 29.5 Å². The van der Waals surface area contributed by atoms with Crippen LogP contribution in [0, 0.1) is 0 Å². The van der Waals surface area contributed by atoms with Crippen molar-refractivity contribution in [1.82, 2.24) is 4.90 Å². The van der Waals surface area contributed by atoms with Gasteiger partial charge in [-0.05, 0) is 42.7 Å². The standard InChI is InChI=1S/C23H27NO6/c1-26-17-6-4-7-18(27-2)21(17)15-12-16-14-24(23(25)19-8-5-10-29-19)9-11-30-22(16)20(13-15)28-3/h4,6-7,12-13,19H,5,8-11,14H2,1-3H3/t19-/m1/s1. The highest BCUT2D eigenvalue weighted by Crippen LogP contribution is 2.44. The van der Waals surface area contributed by atoms with Crippen molar-refractivity contribution in [2.45, 2.75) is 25.5 Å². The van der Waals surface area contributed by atoms with Gasteiger partial charge in [-0.1, -0.05) is 6.07 Å². The fourth-order valence-corrected chi connectivity index (χ4v) is 4.08. The Balaban J connectivity index is 1.76. The van der Waals surface area contributed by atoms with Gasteiger partial charge in [-0.3, -0.25) is 4.79 Å². The number of amides is 1. The number of ether oxygens (including phenoxy) is 5. The third kappa shape index (κ3) is 3.77. The number of fused-ring (bicyclic) bond motifs is 1. The molecule has 7 heteroatoms. The van der Waals surface area contributed by atoms with E-state index in [2.05, 4.69) is 0 Å². The number of carbonyl (C=O) groups is 1. The van der Waals surface area contributed by atoms with Gasteiger partial charge in [-0.2, -0.15) is 0 Å².